The lowest BCUT2D eigenvalue weighted by Gasteiger charge is -2.16. The van der Waals surface area contributed by atoms with Gasteiger partial charge in [0.1, 0.15) is 0 Å². The molecule has 0 saturated heterocycles. The Morgan fingerprint density at radius 1 is 1.14 bits per heavy atom. The molecule has 0 aromatic heterocycles. The Labute approximate surface area is 130 Å². The minimum Gasteiger partial charge on any atom is -0.356 e. The molecule has 1 N–H and O–H groups in total. The van der Waals surface area contributed by atoms with Crippen molar-refractivity contribution in [3.63, 3.8) is 0 Å². The Morgan fingerprint density at radius 3 is 2.29 bits per heavy atom. The van der Waals surface area contributed by atoms with Crippen molar-refractivity contribution in [1.29, 1.82) is 0 Å². The second-order valence-electron chi connectivity index (χ2n) is 4.35. The number of carbonyl (C=O) groups is 1. The first-order valence-corrected chi connectivity index (χ1v) is 8.70. The fourth-order valence-electron chi connectivity index (χ4n) is 1.29. The summed E-state index contributed by atoms with van der Waals surface area (Å²) in [5.41, 5.74) is 0. The molecule has 0 saturated carbocycles. The number of amides is 1. The van der Waals surface area contributed by atoms with Crippen molar-refractivity contribution in [2.24, 2.45) is 0 Å². The summed E-state index contributed by atoms with van der Waals surface area (Å²) >= 11 is 0. The third-order valence-corrected chi connectivity index (χ3v) is 3.33. The van der Waals surface area contributed by atoms with Crippen molar-refractivity contribution < 1.29 is 23.4 Å². The molecule has 0 radical (unpaired) electrons. The van der Waals surface area contributed by atoms with Crippen molar-refractivity contribution in [3.8, 4) is 0 Å². The van der Waals surface area contributed by atoms with Crippen molar-refractivity contribution in [2.75, 3.05) is 20.3 Å². The van der Waals surface area contributed by atoms with Gasteiger partial charge in [-0.1, -0.05) is 26.7 Å². The highest BCUT2D eigenvalue weighted by Gasteiger charge is 2.14. The Hall–Kier alpha value is -0.260. The van der Waals surface area contributed by atoms with Gasteiger partial charge >= 0.3 is 8.60 Å². The van der Waals surface area contributed by atoms with E-state index < -0.39 is 8.60 Å². The molecule has 0 aromatic carbocycles. The molecular weight excluding hydrogens is 293 g/mol. The van der Waals surface area contributed by atoms with Crippen LogP contribution in [0.4, 0.5) is 0 Å². The number of rotatable bonds is 12. The molecule has 1 amide bonds. The van der Waals surface area contributed by atoms with E-state index in [4.69, 9.17) is 13.7 Å². The zero-order chi connectivity index (χ0) is 16.5. The average Bonchev–Trinajstić information content (AvgIpc) is 2.43. The summed E-state index contributed by atoms with van der Waals surface area (Å²) in [7, 11) is 0.0193. The fourth-order valence-corrected chi connectivity index (χ4v) is 2.17. The predicted octanol–water partition coefficient (Wildman–Crippen LogP) is 3.96. The molecule has 0 aliphatic rings. The zero-order valence-corrected chi connectivity index (χ0v) is 15.2. The topological polar surface area (TPSA) is 66.0 Å². The van der Waals surface area contributed by atoms with Crippen LogP contribution in [-0.4, -0.2) is 32.3 Å². The molecule has 0 aromatic rings. The highest BCUT2D eigenvalue weighted by atomic mass is 31.2. The predicted molar refractivity (Wildman–Crippen MR) is 85.7 cm³/mol. The molecule has 0 rings (SSSR count). The lowest BCUT2D eigenvalue weighted by molar-refractivity contribution is -0.192. The van der Waals surface area contributed by atoms with E-state index in [1.165, 1.54) is 14.0 Å². The summed E-state index contributed by atoms with van der Waals surface area (Å²) in [6.07, 6.45) is 4.09. The molecule has 6 nitrogen and oxygen atoms in total. The molecule has 0 bridgehead atoms. The molecule has 0 fully saturated rings. The standard InChI is InChI=1S/C12H26NO5P.C2H6/c1-11(2)17-19(18-15-4)16-10-8-6-5-7-9-13-12(3)14;1-2/h11H,5-10H2,1-4H3,(H,13,14);1-2H3. The molecule has 0 aliphatic carbocycles. The monoisotopic (exact) mass is 325 g/mol. The van der Waals surface area contributed by atoms with E-state index in [9.17, 15) is 4.79 Å². The maximum absolute atomic E-state index is 10.6. The van der Waals surface area contributed by atoms with E-state index in [0.29, 0.717) is 6.61 Å². The normalized spacial score (nSPS) is 11.8. The molecular formula is C14H32NO5P. The van der Waals surface area contributed by atoms with E-state index in [-0.39, 0.29) is 12.0 Å². The molecule has 0 heterocycles. The van der Waals surface area contributed by atoms with Crippen molar-refractivity contribution in [1.82, 2.24) is 5.32 Å². The summed E-state index contributed by atoms with van der Waals surface area (Å²) in [6.45, 7) is 10.7. The Morgan fingerprint density at radius 2 is 1.76 bits per heavy atom. The summed E-state index contributed by atoms with van der Waals surface area (Å²) in [6, 6.07) is 0. The summed E-state index contributed by atoms with van der Waals surface area (Å²) < 4.78 is 15.8. The lowest BCUT2D eigenvalue weighted by Crippen LogP contribution is -2.20. The first-order chi connectivity index (χ1) is 10.1. The van der Waals surface area contributed by atoms with Crippen LogP contribution in [0.5, 0.6) is 0 Å². The largest absolute Gasteiger partial charge is 0.363 e. The summed E-state index contributed by atoms with van der Waals surface area (Å²) in [5.74, 6) is 0.0246. The molecule has 128 valence electrons. The molecule has 1 atom stereocenters. The van der Waals surface area contributed by atoms with Gasteiger partial charge in [-0.2, -0.15) is 4.67 Å². The second kappa shape index (κ2) is 17.8. The third kappa shape index (κ3) is 19.7. The lowest BCUT2D eigenvalue weighted by atomic mass is 10.2. The first kappa shape index (κ1) is 23.0. The quantitative estimate of drug-likeness (QED) is 0.255. The highest BCUT2D eigenvalue weighted by Crippen LogP contribution is 2.41. The van der Waals surface area contributed by atoms with Crippen LogP contribution in [0.3, 0.4) is 0 Å². The fraction of sp³-hybridized carbons (Fsp3) is 0.929. The number of nitrogens with one attached hydrogen (secondary N) is 1. The Kier molecular flexibility index (Phi) is 19.5. The van der Waals surface area contributed by atoms with Gasteiger partial charge in [0.25, 0.3) is 0 Å². The van der Waals surface area contributed by atoms with Crippen LogP contribution >= 0.6 is 8.60 Å². The smallest absolute Gasteiger partial charge is 0.356 e. The zero-order valence-electron chi connectivity index (χ0n) is 14.3. The SMILES string of the molecule is CC.COOP(OCCCCCCNC(C)=O)OC(C)C. The molecule has 1 unspecified atom stereocenters. The Bertz CT molecular complexity index is 229. The van der Waals surface area contributed by atoms with Gasteiger partial charge in [0.2, 0.25) is 5.91 Å². The van der Waals surface area contributed by atoms with Crippen molar-refractivity contribution in [2.45, 2.75) is 66.4 Å². The van der Waals surface area contributed by atoms with Crippen LogP contribution in [0.25, 0.3) is 0 Å². The minimum atomic E-state index is -1.42. The van der Waals surface area contributed by atoms with Crippen LogP contribution in [-0.2, 0) is 23.4 Å². The minimum absolute atomic E-state index is 0.0246. The second-order valence-corrected chi connectivity index (χ2v) is 5.41. The van der Waals surface area contributed by atoms with Crippen LogP contribution in [0.2, 0.25) is 0 Å². The average molecular weight is 325 g/mol. The number of unbranched alkanes of at least 4 members (excludes halogenated alkanes) is 3. The van der Waals surface area contributed by atoms with Crippen LogP contribution < -0.4 is 5.32 Å². The summed E-state index contributed by atoms with van der Waals surface area (Å²) in [4.78, 5) is 15.2. The van der Waals surface area contributed by atoms with Gasteiger partial charge in [0.05, 0.1) is 19.8 Å². The number of hydrogen-bond donors (Lipinski definition) is 1. The van der Waals surface area contributed by atoms with E-state index in [1.807, 2.05) is 27.7 Å². The van der Waals surface area contributed by atoms with Gasteiger partial charge in [0.15, 0.2) is 0 Å². The van der Waals surface area contributed by atoms with Gasteiger partial charge in [-0.25, -0.2) is 4.89 Å². The van der Waals surface area contributed by atoms with E-state index >= 15 is 0 Å². The van der Waals surface area contributed by atoms with Gasteiger partial charge in [-0.05, 0) is 26.7 Å². The third-order valence-electron chi connectivity index (χ3n) is 2.07. The molecule has 21 heavy (non-hydrogen) atoms. The van der Waals surface area contributed by atoms with Crippen LogP contribution in [0.15, 0.2) is 0 Å². The first-order valence-electron chi connectivity index (χ1n) is 7.61. The van der Waals surface area contributed by atoms with Gasteiger partial charge < -0.3 is 14.4 Å². The van der Waals surface area contributed by atoms with E-state index in [0.717, 1.165) is 32.2 Å². The summed E-state index contributed by atoms with van der Waals surface area (Å²) in [5, 5.41) is 2.77. The maximum Gasteiger partial charge on any atom is 0.363 e. The maximum atomic E-state index is 10.6. The molecule has 7 heteroatoms. The van der Waals surface area contributed by atoms with Gasteiger partial charge in [-0.3, -0.25) is 4.79 Å². The van der Waals surface area contributed by atoms with Crippen LogP contribution in [0, 0.1) is 0 Å². The highest BCUT2D eigenvalue weighted by molar-refractivity contribution is 7.41. The van der Waals surface area contributed by atoms with Crippen molar-refractivity contribution >= 4 is 14.5 Å². The molecule has 0 aliphatic heterocycles. The van der Waals surface area contributed by atoms with E-state index in [2.05, 4.69) is 10.2 Å². The number of hydrogen-bond acceptors (Lipinski definition) is 5. The Balaban J connectivity index is 0. The van der Waals surface area contributed by atoms with E-state index in [1.54, 1.807) is 0 Å². The van der Waals surface area contributed by atoms with Gasteiger partial charge in [0, 0.05) is 13.5 Å². The van der Waals surface area contributed by atoms with Gasteiger partial charge in [-0.15, -0.1) is 0 Å². The van der Waals surface area contributed by atoms with Crippen molar-refractivity contribution in [3.05, 3.63) is 0 Å². The molecule has 0 spiro atoms. The van der Waals surface area contributed by atoms with Crippen LogP contribution in [0.1, 0.15) is 60.3 Å². The number of carbonyl (C=O) groups excluding carboxylic acids is 1.